The van der Waals surface area contributed by atoms with Crippen LogP contribution in [0.4, 0.5) is 0 Å². The van der Waals surface area contributed by atoms with Crippen molar-refractivity contribution in [2.45, 2.75) is 56.3 Å². The van der Waals surface area contributed by atoms with E-state index in [1.807, 2.05) is 24.3 Å². The van der Waals surface area contributed by atoms with Crippen molar-refractivity contribution in [1.82, 2.24) is 20.9 Å². The van der Waals surface area contributed by atoms with Crippen LogP contribution < -0.4 is 33.2 Å². The molecule has 0 aliphatic heterocycles. The fourth-order valence-corrected chi connectivity index (χ4v) is 4.18. The zero-order valence-corrected chi connectivity index (χ0v) is 23.1. The number of aromatic amines is 1. The summed E-state index contributed by atoms with van der Waals surface area (Å²) in [5, 5.41) is 26.4. The number of para-hydroxylation sites is 1. The molecule has 3 amide bonds. The quantitative estimate of drug-likeness (QED) is 0.0436. The molecule has 4 unspecified atom stereocenters. The zero-order valence-electron chi connectivity index (χ0n) is 22.2. The van der Waals surface area contributed by atoms with E-state index in [0.29, 0.717) is 12.0 Å². The van der Waals surface area contributed by atoms with Gasteiger partial charge in [0.2, 0.25) is 17.7 Å². The minimum atomic E-state index is -1.49. The molecule has 41 heavy (non-hydrogen) atoms. The van der Waals surface area contributed by atoms with Crippen molar-refractivity contribution in [3.05, 3.63) is 36.0 Å². The second-order valence-electron chi connectivity index (χ2n) is 9.26. The van der Waals surface area contributed by atoms with Crippen molar-refractivity contribution in [3.8, 4) is 0 Å². The van der Waals surface area contributed by atoms with Crippen molar-refractivity contribution >= 4 is 59.2 Å². The van der Waals surface area contributed by atoms with Crippen molar-refractivity contribution in [2.24, 2.45) is 22.2 Å². The lowest BCUT2D eigenvalue weighted by Crippen LogP contribution is -2.58. The van der Waals surface area contributed by atoms with E-state index in [-0.39, 0.29) is 37.5 Å². The Labute approximate surface area is 241 Å². The third kappa shape index (κ3) is 10.6. The molecule has 0 saturated heterocycles. The van der Waals surface area contributed by atoms with Gasteiger partial charge in [0.25, 0.3) is 0 Å². The zero-order chi connectivity index (χ0) is 30.5. The van der Waals surface area contributed by atoms with Crippen LogP contribution >= 0.6 is 12.6 Å². The van der Waals surface area contributed by atoms with Crippen LogP contribution in [0.1, 0.15) is 31.2 Å². The highest BCUT2D eigenvalue weighted by atomic mass is 32.1. The van der Waals surface area contributed by atoms with E-state index < -0.39 is 60.2 Å². The minimum Gasteiger partial charge on any atom is -0.481 e. The smallest absolute Gasteiger partial charge is 0.326 e. The summed E-state index contributed by atoms with van der Waals surface area (Å²) in [4.78, 5) is 68.3. The first-order valence-electron chi connectivity index (χ1n) is 12.8. The molecule has 1 aromatic heterocycles. The summed E-state index contributed by atoms with van der Waals surface area (Å²) in [5.74, 6) is -5.17. The topological polar surface area (TPSA) is 268 Å². The van der Waals surface area contributed by atoms with Crippen molar-refractivity contribution < 1.29 is 34.2 Å². The molecule has 224 valence electrons. The number of aromatic nitrogens is 1. The fraction of sp³-hybridized carbons (Fsp3) is 0.440. The number of thiol groups is 1. The van der Waals surface area contributed by atoms with Crippen LogP contribution in [0.15, 0.2) is 35.5 Å². The van der Waals surface area contributed by atoms with E-state index in [0.717, 1.165) is 10.9 Å². The molecule has 0 aliphatic carbocycles. The summed E-state index contributed by atoms with van der Waals surface area (Å²) < 4.78 is 0. The number of aliphatic imine (C=N–C) groups is 1. The number of guanidine groups is 1. The Bertz CT molecular complexity index is 1260. The van der Waals surface area contributed by atoms with E-state index in [4.69, 9.17) is 22.3 Å². The molecule has 0 fully saturated rings. The maximum absolute atomic E-state index is 13.4. The molecule has 1 aromatic carbocycles. The Morgan fingerprint density at radius 1 is 0.927 bits per heavy atom. The minimum absolute atomic E-state index is 0.0413. The largest absolute Gasteiger partial charge is 0.481 e. The molecular formula is C25H36N8O7S. The van der Waals surface area contributed by atoms with E-state index in [1.54, 1.807) is 6.20 Å². The number of nitrogens with zero attached hydrogens (tertiary/aromatic N) is 1. The molecule has 0 aliphatic rings. The van der Waals surface area contributed by atoms with Crippen LogP contribution in [0.25, 0.3) is 10.9 Å². The van der Waals surface area contributed by atoms with Gasteiger partial charge in [-0.1, -0.05) is 18.2 Å². The molecule has 2 aromatic rings. The van der Waals surface area contributed by atoms with Crippen LogP contribution in [0, 0.1) is 0 Å². The first-order chi connectivity index (χ1) is 19.4. The molecule has 15 nitrogen and oxygen atoms in total. The molecule has 12 N–H and O–H groups in total. The first-order valence-corrected chi connectivity index (χ1v) is 13.4. The summed E-state index contributed by atoms with van der Waals surface area (Å²) >= 11 is 4.10. The van der Waals surface area contributed by atoms with Gasteiger partial charge in [0.05, 0.1) is 6.04 Å². The summed E-state index contributed by atoms with van der Waals surface area (Å²) in [7, 11) is 0. The van der Waals surface area contributed by atoms with Crippen LogP contribution in [0.5, 0.6) is 0 Å². The predicted molar refractivity (Wildman–Crippen MR) is 154 cm³/mol. The molecule has 4 atom stereocenters. The van der Waals surface area contributed by atoms with Gasteiger partial charge in [-0.2, -0.15) is 12.6 Å². The molecule has 0 saturated carbocycles. The van der Waals surface area contributed by atoms with E-state index in [2.05, 4.69) is 38.6 Å². The monoisotopic (exact) mass is 592 g/mol. The lowest BCUT2D eigenvalue weighted by molar-refractivity contribution is -0.143. The molecular weight excluding hydrogens is 556 g/mol. The summed E-state index contributed by atoms with van der Waals surface area (Å²) in [6.07, 6.45) is 1.55. The first kappa shape index (κ1) is 32.9. The van der Waals surface area contributed by atoms with Crippen molar-refractivity contribution in [2.75, 3.05) is 12.3 Å². The number of hydrogen-bond donors (Lipinski definition) is 10. The van der Waals surface area contributed by atoms with Gasteiger partial charge in [-0.3, -0.25) is 24.2 Å². The number of aliphatic carboxylic acids is 2. The van der Waals surface area contributed by atoms with Crippen LogP contribution in [-0.2, 0) is 30.4 Å². The predicted octanol–water partition coefficient (Wildman–Crippen LogP) is -1.58. The van der Waals surface area contributed by atoms with Crippen molar-refractivity contribution in [3.63, 3.8) is 0 Å². The Hall–Kier alpha value is -4.31. The Balaban J connectivity index is 2.18. The third-order valence-corrected chi connectivity index (χ3v) is 6.48. The van der Waals surface area contributed by atoms with Crippen LogP contribution in [0.2, 0.25) is 0 Å². The molecule has 0 bridgehead atoms. The number of nitrogens with two attached hydrogens (primary N) is 3. The average molecular weight is 593 g/mol. The number of nitrogens with one attached hydrogen (secondary N) is 4. The van der Waals surface area contributed by atoms with Gasteiger partial charge in [-0.05, 0) is 30.9 Å². The average Bonchev–Trinajstić information content (AvgIpc) is 3.33. The summed E-state index contributed by atoms with van der Waals surface area (Å²) in [6.45, 7) is 0.269. The van der Waals surface area contributed by atoms with E-state index >= 15 is 0 Å². The van der Waals surface area contributed by atoms with Gasteiger partial charge in [0.15, 0.2) is 5.96 Å². The third-order valence-electron chi connectivity index (χ3n) is 6.11. The number of carboxylic acids is 2. The highest BCUT2D eigenvalue weighted by molar-refractivity contribution is 7.80. The second-order valence-corrected chi connectivity index (χ2v) is 9.62. The highest BCUT2D eigenvalue weighted by Crippen LogP contribution is 2.19. The number of carboxylic acid groups (broad SMARTS) is 2. The Kier molecular flexibility index (Phi) is 12.9. The number of benzene rings is 1. The van der Waals surface area contributed by atoms with Gasteiger partial charge in [0, 0.05) is 42.2 Å². The maximum atomic E-state index is 13.4. The second kappa shape index (κ2) is 16.1. The molecule has 0 spiro atoms. The molecule has 1 heterocycles. The number of carbonyl (C=O) groups is 5. The normalized spacial score (nSPS) is 13.8. The molecule has 0 radical (unpaired) electrons. The summed E-state index contributed by atoms with van der Waals surface area (Å²) in [5.41, 5.74) is 18.1. The van der Waals surface area contributed by atoms with Crippen LogP contribution in [-0.4, -0.2) is 87.3 Å². The fourth-order valence-electron chi connectivity index (χ4n) is 3.92. The van der Waals surface area contributed by atoms with Gasteiger partial charge in [-0.25, -0.2) is 4.79 Å². The Morgan fingerprint density at radius 2 is 1.56 bits per heavy atom. The number of fused-ring (bicyclic) bond motifs is 1. The number of amides is 3. The van der Waals surface area contributed by atoms with E-state index in [9.17, 15) is 29.1 Å². The number of H-pyrrole nitrogens is 1. The molecule has 16 heteroatoms. The lowest BCUT2D eigenvalue weighted by atomic mass is 10.0. The number of hydrogen-bond acceptors (Lipinski definition) is 8. The maximum Gasteiger partial charge on any atom is 0.326 e. The van der Waals surface area contributed by atoms with E-state index in [1.165, 1.54) is 0 Å². The number of rotatable bonds is 17. The Morgan fingerprint density at radius 3 is 2.20 bits per heavy atom. The van der Waals surface area contributed by atoms with Gasteiger partial charge >= 0.3 is 11.9 Å². The lowest BCUT2D eigenvalue weighted by Gasteiger charge is -2.24. The standard InChI is InChI=1S/C25H36N8O7S/c26-15(5-3-9-29-25(27)28)21(36)32-18(10-13-11-30-16-6-2-1-4-14(13)16)22(37)33-19(12-41)23(38)31-17(24(39)40)7-8-20(34)35/h1-2,4,6,11,15,17-19,30,41H,3,5,7-10,12,26H2,(H,31,38)(H,32,36)(H,33,37)(H,34,35)(H,39,40)(H4,27,28,29). The van der Waals surface area contributed by atoms with Gasteiger partial charge in [-0.15, -0.1) is 0 Å². The highest BCUT2D eigenvalue weighted by Gasteiger charge is 2.30. The van der Waals surface area contributed by atoms with Gasteiger partial charge in [0.1, 0.15) is 18.1 Å². The van der Waals surface area contributed by atoms with Crippen LogP contribution in [0.3, 0.4) is 0 Å². The molecule has 2 rings (SSSR count). The summed E-state index contributed by atoms with van der Waals surface area (Å²) in [6, 6.07) is 2.45. The number of carbonyl (C=O) groups excluding carboxylic acids is 3. The van der Waals surface area contributed by atoms with Gasteiger partial charge < -0.3 is 48.3 Å². The van der Waals surface area contributed by atoms with Crippen molar-refractivity contribution in [1.29, 1.82) is 0 Å². The SMILES string of the molecule is NC(N)=NCCCC(N)C(=O)NC(Cc1c[nH]c2ccccc12)C(=O)NC(CS)C(=O)NC(CCC(=O)O)C(=O)O.